The van der Waals surface area contributed by atoms with Gasteiger partial charge in [0.05, 0.1) is 16.5 Å². The van der Waals surface area contributed by atoms with Gasteiger partial charge in [0, 0.05) is 5.92 Å². The summed E-state index contributed by atoms with van der Waals surface area (Å²) in [7, 11) is 0. The number of amides is 1. The molecule has 3 aromatic rings. The number of carbonyl (C=O) groups excluding carboxylic acids is 1. The molecule has 25 heavy (non-hydrogen) atoms. The maximum absolute atomic E-state index is 13.3. The van der Waals surface area contributed by atoms with Gasteiger partial charge in [-0.15, -0.1) is 0 Å². The molecule has 1 aliphatic carbocycles. The lowest BCUT2D eigenvalue weighted by Gasteiger charge is -2.08. The number of nitrogens with one attached hydrogen (secondary N) is 3. The van der Waals surface area contributed by atoms with Gasteiger partial charge in [0.1, 0.15) is 5.82 Å². The van der Waals surface area contributed by atoms with E-state index in [2.05, 4.69) is 15.5 Å². The number of rotatable bonds is 3. The number of aromatic nitrogens is 2. The molecule has 4 rings (SSSR count). The summed E-state index contributed by atoms with van der Waals surface area (Å²) in [4.78, 5) is 36.3. The first-order chi connectivity index (χ1) is 12.0. The molecule has 0 radical (unpaired) electrons. The summed E-state index contributed by atoms with van der Waals surface area (Å²) in [5.74, 6) is -0.893. The molecule has 0 aliphatic heterocycles. The van der Waals surface area contributed by atoms with E-state index in [-0.39, 0.29) is 34.3 Å². The highest BCUT2D eigenvalue weighted by Gasteiger charge is 2.44. The van der Waals surface area contributed by atoms with Crippen molar-refractivity contribution < 1.29 is 9.18 Å². The van der Waals surface area contributed by atoms with Gasteiger partial charge in [0.25, 0.3) is 11.1 Å². The van der Waals surface area contributed by atoms with Crippen molar-refractivity contribution in [3.8, 4) is 0 Å². The number of hydrogen-bond donors (Lipinski definition) is 3. The van der Waals surface area contributed by atoms with Gasteiger partial charge >= 0.3 is 0 Å². The number of halogens is 1. The van der Waals surface area contributed by atoms with E-state index >= 15 is 0 Å². The molecule has 0 bridgehead atoms. The van der Waals surface area contributed by atoms with Crippen LogP contribution in [0.1, 0.15) is 17.9 Å². The van der Waals surface area contributed by atoms with Crippen LogP contribution in [0.15, 0.2) is 52.1 Å². The van der Waals surface area contributed by atoms with Crippen molar-refractivity contribution in [2.24, 2.45) is 5.92 Å². The Hall–Kier alpha value is -3.22. The molecule has 6 nitrogen and oxygen atoms in total. The van der Waals surface area contributed by atoms with Gasteiger partial charge in [0.2, 0.25) is 5.91 Å². The Morgan fingerprint density at radius 1 is 1.08 bits per heavy atom. The predicted molar refractivity (Wildman–Crippen MR) is 91.1 cm³/mol. The molecule has 1 aromatic heterocycles. The monoisotopic (exact) mass is 339 g/mol. The quantitative estimate of drug-likeness (QED) is 0.682. The maximum atomic E-state index is 13.3. The fourth-order valence-corrected chi connectivity index (χ4v) is 3.15. The van der Waals surface area contributed by atoms with Gasteiger partial charge in [-0.2, -0.15) is 0 Å². The predicted octanol–water partition coefficient (Wildman–Crippen LogP) is 2.10. The first kappa shape index (κ1) is 15.3. The minimum atomic E-state index is -0.483. The van der Waals surface area contributed by atoms with Gasteiger partial charge in [-0.3, -0.25) is 24.6 Å². The highest BCUT2D eigenvalue weighted by Crippen LogP contribution is 2.48. The number of H-pyrrole nitrogens is 2. The molecule has 1 heterocycles. The van der Waals surface area contributed by atoms with Crippen LogP contribution in [0.3, 0.4) is 0 Å². The third-order valence-corrected chi connectivity index (χ3v) is 4.49. The van der Waals surface area contributed by atoms with Crippen molar-refractivity contribution in [1.82, 2.24) is 10.2 Å². The standard InChI is InChI=1S/C18H14FN3O3/c19-10-4-1-3-9(7-10)12-8-13(12)16(23)20-14-6-2-5-11-15(14)18(25)22-21-17(11)24/h1-7,12-13H,8H2,(H,20,23)(H,21,24)(H,22,25)/t12-,13-/m0/s1. The largest absolute Gasteiger partial charge is 0.325 e. The Morgan fingerprint density at radius 2 is 1.84 bits per heavy atom. The Kier molecular flexibility index (Phi) is 3.49. The molecule has 7 heteroatoms. The lowest BCUT2D eigenvalue weighted by molar-refractivity contribution is -0.117. The van der Waals surface area contributed by atoms with E-state index in [0.717, 1.165) is 5.56 Å². The van der Waals surface area contributed by atoms with E-state index in [0.29, 0.717) is 12.1 Å². The van der Waals surface area contributed by atoms with Gasteiger partial charge in [-0.1, -0.05) is 18.2 Å². The second-order valence-electron chi connectivity index (χ2n) is 6.13. The third kappa shape index (κ3) is 2.73. The summed E-state index contributed by atoms with van der Waals surface area (Å²) in [6.45, 7) is 0. The normalized spacial score (nSPS) is 18.9. The molecule has 1 fully saturated rings. The maximum Gasteiger partial charge on any atom is 0.272 e. The molecule has 2 aromatic carbocycles. The van der Waals surface area contributed by atoms with Crippen LogP contribution in [-0.4, -0.2) is 16.1 Å². The van der Waals surface area contributed by atoms with E-state index in [1.165, 1.54) is 18.2 Å². The second kappa shape index (κ2) is 5.70. The van der Waals surface area contributed by atoms with Crippen LogP contribution < -0.4 is 16.4 Å². The van der Waals surface area contributed by atoms with E-state index in [4.69, 9.17) is 0 Å². The van der Waals surface area contributed by atoms with Crippen LogP contribution in [-0.2, 0) is 4.79 Å². The van der Waals surface area contributed by atoms with Gasteiger partial charge in [-0.05, 0) is 42.2 Å². The minimum Gasteiger partial charge on any atom is -0.325 e. The summed E-state index contributed by atoms with van der Waals surface area (Å²) >= 11 is 0. The fraction of sp³-hybridized carbons (Fsp3) is 0.167. The molecule has 1 amide bonds. The molecule has 126 valence electrons. The third-order valence-electron chi connectivity index (χ3n) is 4.49. The van der Waals surface area contributed by atoms with E-state index < -0.39 is 11.1 Å². The summed E-state index contributed by atoms with van der Waals surface area (Å²) < 4.78 is 13.3. The van der Waals surface area contributed by atoms with Crippen LogP contribution in [0.5, 0.6) is 0 Å². The number of anilines is 1. The Bertz CT molecular complexity index is 1100. The molecular formula is C18H14FN3O3. The first-order valence-electron chi connectivity index (χ1n) is 7.84. The second-order valence-corrected chi connectivity index (χ2v) is 6.13. The van der Waals surface area contributed by atoms with Crippen molar-refractivity contribution >= 4 is 22.4 Å². The zero-order valence-electron chi connectivity index (χ0n) is 13.0. The molecule has 3 N–H and O–H groups in total. The zero-order chi connectivity index (χ0) is 17.6. The lowest BCUT2D eigenvalue weighted by atomic mass is 10.1. The molecule has 0 unspecified atom stereocenters. The van der Waals surface area contributed by atoms with Crippen LogP contribution in [0.2, 0.25) is 0 Å². The van der Waals surface area contributed by atoms with Crippen LogP contribution in [0.4, 0.5) is 10.1 Å². The van der Waals surface area contributed by atoms with E-state index in [1.54, 1.807) is 24.3 Å². The number of carbonyl (C=O) groups is 1. The van der Waals surface area contributed by atoms with E-state index in [9.17, 15) is 18.8 Å². The van der Waals surface area contributed by atoms with Gasteiger partial charge in [-0.25, -0.2) is 4.39 Å². The smallest absolute Gasteiger partial charge is 0.272 e. The van der Waals surface area contributed by atoms with Crippen molar-refractivity contribution in [2.45, 2.75) is 12.3 Å². The van der Waals surface area contributed by atoms with Gasteiger partial charge in [0.15, 0.2) is 0 Å². The van der Waals surface area contributed by atoms with Crippen molar-refractivity contribution in [3.05, 3.63) is 74.6 Å². The number of benzene rings is 2. The van der Waals surface area contributed by atoms with E-state index in [1.807, 2.05) is 0 Å². The highest BCUT2D eigenvalue weighted by molar-refractivity contribution is 6.03. The molecule has 1 saturated carbocycles. The average Bonchev–Trinajstić information content (AvgIpc) is 3.39. The summed E-state index contributed by atoms with van der Waals surface area (Å²) in [6, 6.07) is 10.9. The highest BCUT2D eigenvalue weighted by atomic mass is 19.1. The topological polar surface area (TPSA) is 94.8 Å². The Balaban J connectivity index is 1.61. The Morgan fingerprint density at radius 3 is 2.64 bits per heavy atom. The number of hydrogen-bond acceptors (Lipinski definition) is 3. The van der Waals surface area contributed by atoms with Crippen molar-refractivity contribution in [3.63, 3.8) is 0 Å². The number of fused-ring (bicyclic) bond motifs is 1. The molecule has 2 atom stereocenters. The molecular weight excluding hydrogens is 325 g/mol. The Labute approximate surface area is 140 Å². The van der Waals surface area contributed by atoms with Crippen LogP contribution in [0, 0.1) is 11.7 Å². The molecule has 1 aliphatic rings. The van der Waals surface area contributed by atoms with Crippen molar-refractivity contribution in [2.75, 3.05) is 5.32 Å². The molecule has 0 spiro atoms. The molecule has 0 saturated heterocycles. The lowest BCUT2D eigenvalue weighted by Crippen LogP contribution is -2.22. The van der Waals surface area contributed by atoms with Crippen molar-refractivity contribution in [1.29, 1.82) is 0 Å². The van der Waals surface area contributed by atoms with Crippen LogP contribution in [0.25, 0.3) is 10.8 Å². The zero-order valence-corrected chi connectivity index (χ0v) is 13.0. The number of aromatic amines is 2. The first-order valence-corrected chi connectivity index (χ1v) is 7.84. The van der Waals surface area contributed by atoms with Gasteiger partial charge < -0.3 is 5.32 Å². The summed E-state index contributed by atoms with van der Waals surface area (Å²) in [5, 5.41) is 7.58. The van der Waals surface area contributed by atoms with Crippen LogP contribution >= 0.6 is 0 Å². The summed E-state index contributed by atoms with van der Waals surface area (Å²) in [6.07, 6.45) is 0.622. The SMILES string of the molecule is O=C(Nc1cccc2c(=O)[nH][nH]c(=O)c12)[C@H]1C[C@H]1c1cccc(F)c1. The average molecular weight is 339 g/mol. The minimum absolute atomic E-state index is 0.0348. The fourth-order valence-electron chi connectivity index (χ4n) is 3.15. The summed E-state index contributed by atoms with van der Waals surface area (Å²) in [5.41, 5.74) is 0.157.